The average Bonchev–Trinajstić information content (AvgIpc) is 3.23. The molecule has 0 fully saturated rings. The second-order valence-electron chi connectivity index (χ2n) is 7.57. The molecule has 0 aromatic heterocycles. The number of benzene rings is 2. The van der Waals surface area contributed by atoms with Crippen LogP contribution in [0.15, 0.2) is 82.0 Å². The summed E-state index contributed by atoms with van der Waals surface area (Å²) in [6.07, 6.45) is 0.151. The van der Waals surface area contributed by atoms with Gasteiger partial charge in [0, 0.05) is 17.8 Å². The molecule has 170 valence electrons. The minimum absolute atomic E-state index is 0.114. The van der Waals surface area contributed by atoms with Gasteiger partial charge in [0.2, 0.25) is 5.91 Å². The molecule has 2 aliphatic heterocycles. The van der Waals surface area contributed by atoms with Gasteiger partial charge in [0.15, 0.2) is 5.17 Å². The first-order valence-electron chi connectivity index (χ1n) is 10.5. The zero-order valence-corrected chi connectivity index (χ0v) is 19.5. The number of amidine groups is 1. The Morgan fingerprint density at radius 3 is 2.55 bits per heavy atom. The highest BCUT2D eigenvalue weighted by molar-refractivity contribution is 8.16. The summed E-state index contributed by atoms with van der Waals surface area (Å²) in [5.74, 6) is 0.0651. The van der Waals surface area contributed by atoms with Crippen molar-refractivity contribution in [2.75, 3.05) is 14.2 Å². The number of aliphatic imine (C=N–C) groups is 1. The second-order valence-corrected chi connectivity index (χ2v) is 8.40. The van der Waals surface area contributed by atoms with Crippen LogP contribution in [-0.2, 0) is 20.9 Å². The first-order chi connectivity index (χ1) is 16.0. The van der Waals surface area contributed by atoms with E-state index in [0.29, 0.717) is 28.7 Å². The van der Waals surface area contributed by atoms with Gasteiger partial charge in [-0.2, -0.15) is 0 Å². The monoisotopic (exact) mass is 463 g/mol. The smallest absolute Gasteiger partial charge is 0.338 e. The molecule has 2 aromatic rings. The van der Waals surface area contributed by atoms with Crippen LogP contribution in [0.3, 0.4) is 0 Å². The molecule has 1 amide bonds. The van der Waals surface area contributed by atoms with Crippen LogP contribution in [0.5, 0.6) is 5.75 Å². The van der Waals surface area contributed by atoms with Crippen LogP contribution in [0.2, 0.25) is 0 Å². The standard InChI is InChI=1S/C25H25N3O4S/c1-16-22(24(30)32-3)23(19-11-7-8-12-20(19)31-2)28-18(15-33-25(28)27-16)13-21(29)26-14-17-9-5-4-6-10-17/h4-12,15,23H,13-14H2,1-3H3,(H,26,29)/t23-/m0/s1. The van der Waals surface area contributed by atoms with Gasteiger partial charge in [0.25, 0.3) is 0 Å². The number of allylic oxidation sites excluding steroid dienone is 1. The van der Waals surface area contributed by atoms with Gasteiger partial charge in [-0.05, 0) is 24.0 Å². The lowest BCUT2D eigenvalue weighted by Crippen LogP contribution is -2.38. The summed E-state index contributed by atoms with van der Waals surface area (Å²) in [4.78, 5) is 32.2. The maximum absolute atomic E-state index is 12.8. The van der Waals surface area contributed by atoms with E-state index in [4.69, 9.17) is 9.47 Å². The third-order valence-electron chi connectivity index (χ3n) is 5.51. The first kappa shape index (κ1) is 22.7. The third-order valence-corrected chi connectivity index (χ3v) is 6.40. The number of carbonyl (C=O) groups excluding carboxylic acids is 2. The van der Waals surface area contributed by atoms with Gasteiger partial charge in [0.05, 0.1) is 38.0 Å². The lowest BCUT2D eigenvalue weighted by atomic mass is 9.93. The number of nitrogens with one attached hydrogen (secondary N) is 1. The average molecular weight is 464 g/mol. The van der Waals surface area contributed by atoms with Gasteiger partial charge in [-0.1, -0.05) is 60.3 Å². The summed E-state index contributed by atoms with van der Waals surface area (Å²) in [5.41, 5.74) is 3.59. The summed E-state index contributed by atoms with van der Waals surface area (Å²) in [6.45, 7) is 2.24. The van der Waals surface area contributed by atoms with Crippen LogP contribution in [0.25, 0.3) is 0 Å². The number of para-hydroxylation sites is 1. The SMILES string of the molecule is COC(=O)C1=C(C)N=C2SC=C(CC(=O)NCc3ccccc3)N2[C@H]1c1ccccc1OC. The van der Waals surface area contributed by atoms with Crippen molar-refractivity contribution in [2.45, 2.75) is 25.9 Å². The fraction of sp³-hybridized carbons (Fsp3) is 0.240. The number of rotatable bonds is 7. The normalized spacial score (nSPS) is 17.2. The molecule has 7 nitrogen and oxygen atoms in total. The van der Waals surface area contributed by atoms with Crippen molar-refractivity contribution in [3.05, 3.63) is 88.1 Å². The summed E-state index contributed by atoms with van der Waals surface area (Å²) < 4.78 is 10.7. The van der Waals surface area contributed by atoms with Gasteiger partial charge in [0.1, 0.15) is 5.75 Å². The van der Waals surface area contributed by atoms with E-state index < -0.39 is 12.0 Å². The first-order valence-corrected chi connectivity index (χ1v) is 11.4. The van der Waals surface area contributed by atoms with Crippen molar-refractivity contribution in [3.8, 4) is 5.75 Å². The topological polar surface area (TPSA) is 80.2 Å². The summed E-state index contributed by atoms with van der Waals surface area (Å²) in [6, 6.07) is 16.8. The molecular formula is C25H25N3O4S. The van der Waals surface area contributed by atoms with Gasteiger partial charge in [-0.15, -0.1) is 0 Å². The minimum atomic E-state index is -0.524. The molecule has 2 aromatic carbocycles. The molecule has 2 aliphatic rings. The molecule has 1 atom stereocenters. The number of thioether (sulfide) groups is 1. The number of hydrogen-bond donors (Lipinski definition) is 1. The fourth-order valence-corrected chi connectivity index (χ4v) is 4.92. The number of carbonyl (C=O) groups is 2. The Labute approximate surface area is 197 Å². The van der Waals surface area contributed by atoms with E-state index in [2.05, 4.69) is 10.3 Å². The van der Waals surface area contributed by atoms with Crippen molar-refractivity contribution in [3.63, 3.8) is 0 Å². The van der Waals surface area contributed by atoms with Crippen molar-refractivity contribution >= 4 is 28.8 Å². The molecule has 1 N–H and O–H groups in total. The number of ether oxygens (including phenoxy) is 2. The Bertz CT molecular complexity index is 1160. The van der Waals surface area contributed by atoms with Crippen LogP contribution in [0.4, 0.5) is 0 Å². The predicted octanol–water partition coefficient (Wildman–Crippen LogP) is 4.15. The highest BCUT2D eigenvalue weighted by Gasteiger charge is 2.42. The second kappa shape index (κ2) is 9.95. The molecule has 0 aliphatic carbocycles. The molecule has 33 heavy (non-hydrogen) atoms. The van der Waals surface area contributed by atoms with Crippen molar-refractivity contribution in [2.24, 2.45) is 4.99 Å². The van der Waals surface area contributed by atoms with Gasteiger partial charge < -0.3 is 19.7 Å². The Kier molecular flexibility index (Phi) is 6.84. The molecule has 0 bridgehead atoms. The number of amides is 1. The molecule has 8 heteroatoms. The molecule has 0 spiro atoms. The zero-order valence-electron chi connectivity index (χ0n) is 18.7. The largest absolute Gasteiger partial charge is 0.496 e. The maximum atomic E-state index is 12.8. The lowest BCUT2D eigenvalue weighted by molar-refractivity contribution is -0.136. The molecule has 2 heterocycles. The lowest BCUT2D eigenvalue weighted by Gasteiger charge is -2.36. The zero-order chi connectivity index (χ0) is 23.4. The van der Waals surface area contributed by atoms with Crippen LogP contribution >= 0.6 is 11.8 Å². The van der Waals surface area contributed by atoms with Crippen LogP contribution < -0.4 is 10.1 Å². The van der Waals surface area contributed by atoms with Crippen molar-refractivity contribution in [1.82, 2.24) is 10.2 Å². The van der Waals surface area contributed by atoms with E-state index in [1.54, 1.807) is 14.0 Å². The number of nitrogens with zero attached hydrogens (tertiary/aromatic N) is 2. The van der Waals surface area contributed by atoms with E-state index in [0.717, 1.165) is 16.8 Å². The van der Waals surface area contributed by atoms with Gasteiger partial charge in [-0.3, -0.25) is 4.79 Å². The molecule has 0 saturated carbocycles. The highest BCUT2D eigenvalue weighted by Crippen LogP contribution is 2.46. The number of fused-ring (bicyclic) bond motifs is 1. The fourth-order valence-electron chi connectivity index (χ4n) is 3.95. The predicted molar refractivity (Wildman–Crippen MR) is 128 cm³/mol. The minimum Gasteiger partial charge on any atom is -0.496 e. The molecule has 0 radical (unpaired) electrons. The van der Waals surface area contributed by atoms with E-state index in [1.807, 2.05) is 64.9 Å². The Morgan fingerprint density at radius 2 is 1.82 bits per heavy atom. The number of esters is 1. The molecular weight excluding hydrogens is 438 g/mol. The molecule has 0 saturated heterocycles. The Balaban J connectivity index is 1.64. The number of methoxy groups -OCH3 is 2. The van der Waals surface area contributed by atoms with E-state index in [1.165, 1.54) is 18.9 Å². The summed E-state index contributed by atoms with van der Waals surface area (Å²) >= 11 is 1.43. The van der Waals surface area contributed by atoms with Gasteiger partial charge >= 0.3 is 5.97 Å². The Hall–Kier alpha value is -3.52. The van der Waals surface area contributed by atoms with E-state index >= 15 is 0 Å². The summed E-state index contributed by atoms with van der Waals surface area (Å²) in [5, 5.41) is 5.59. The number of hydrogen-bond acceptors (Lipinski definition) is 7. The molecule has 4 rings (SSSR count). The van der Waals surface area contributed by atoms with Crippen LogP contribution in [0, 0.1) is 0 Å². The van der Waals surface area contributed by atoms with Crippen LogP contribution in [-0.4, -0.2) is 36.2 Å². The van der Waals surface area contributed by atoms with Gasteiger partial charge in [-0.25, -0.2) is 9.79 Å². The van der Waals surface area contributed by atoms with Crippen LogP contribution in [0.1, 0.15) is 30.5 Å². The van der Waals surface area contributed by atoms with E-state index in [9.17, 15) is 9.59 Å². The maximum Gasteiger partial charge on any atom is 0.338 e. The van der Waals surface area contributed by atoms with Crippen molar-refractivity contribution in [1.29, 1.82) is 0 Å². The summed E-state index contributed by atoms with van der Waals surface area (Å²) in [7, 11) is 2.95. The van der Waals surface area contributed by atoms with Crippen molar-refractivity contribution < 1.29 is 19.1 Å². The quantitative estimate of drug-likeness (QED) is 0.622. The molecule has 0 unspecified atom stereocenters. The van der Waals surface area contributed by atoms with E-state index in [-0.39, 0.29) is 12.3 Å². The highest BCUT2D eigenvalue weighted by atomic mass is 32.2. The Morgan fingerprint density at radius 1 is 1.09 bits per heavy atom. The third kappa shape index (κ3) is 4.66.